The number of anilines is 2. The molecular formula is C11H15N3. The number of rotatable bonds is 3. The van der Waals surface area contributed by atoms with E-state index < -0.39 is 0 Å². The van der Waals surface area contributed by atoms with Gasteiger partial charge in [0, 0.05) is 13.1 Å². The van der Waals surface area contributed by atoms with E-state index >= 15 is 0 Å². The fourth-order valence-corrected chi connectivity index (χ4v) is 1.51. The molecule has 14 heavy (non-hydrogen) atoms. The Kier molecular flexibility index (Phi) is 3.35. The first-order valence-corrected chi connectivity index (χ1v) is 4.78. The zero-order valence-corrected chi connectivity index (χ0v) is 8.62. The molecule has 0 saturated heterocycles. The third-order valence-corrected chi connectivity index (χ3v) is 2.29. The number of nitriles is 1. The fourth-order valence-electron chi connectivity index (χ4n) is 1.51. The van der Waals surface area contributed by atoms with E-state index in [9.17, 15) is 0 Å². The van der Waals surface area contributed by atoms with E-state index in [1.165, 1.54) is 0 Å². The van der Waals surface area contributed by atoms with Gasteiger partial charge >= 0.3 is 0 Å². The monoisotopic (exact) mass is 189 g/mol. The maximum atomic E-state index is 8.98. The number of benzene rings is 1. The Balaban J connectivity index is 3.20. The Bertz CT molecular complexity index is 348. The zero-order valence-electron chi connectivity index (χ0n) is 8.62. The van der Waals surface area contributed by atoms with Gasteiger partial charge in [-0.3, -0.25) is 0 Å². The average Bonchev–Trinajstić information content (AvgIpc) is 2.20. The lowest BCUT2D eigenvalue weighted by molar-refractivity contribution is 0.865. The van der Waals surface area contributed by atoms with E-state index in [1.807, 2.05) is 12.1 Å². The third kappa shape index (κ3) is 1.80. The maximum Gasteiger partial charge on any atom is 0.104 e. The largest absolute Gasteiger partial charge is 0.398 e. The number of nitrogen functional groups attached to an aromatic ring is 1. The van der Waals surface area contributed by atoms with Gasteiger partial charge in [0.05, 0.1) is 16.9 Å². The molecule has 0 unspecified atom stereocenters. The topological polar surface area (TPSA) is 53.0 Å². The Morgan fingerprint density at radius 3 is 2.50 bits per heavy atom. The normalized spacial score (nSPS) is 9.50. The highest BCUT2D eigenvalue weighted by molar-refractivity contribution is 5.70. The highest BCUT2D eigenvalue weighted by Gasteiger charge is 2.09. The van der Waals surface area contributed by atoms with Gasteiger partial charge in [0.15, 0.2) is 0 Å². The van der Waals surface area contributed by atoms with Crippen LogP contribution in [-0.4, -0.2) is 13.1 Å². The van der Waals surface area contributed by atoms with Crippen LogP contribution in [0.2, 0.25) is 0 Å². The van der Waals surface area contributed by atoms with Gasteiger partial charge in [0.2, 0.25) is 0 Å². The number of hydrogen-bond donors (Lipinski definition) is 1. The Labute approximate surface area is 84.7 Å². The van der Waals surface area contributed by atoms with Gasteiger partial charge in [0.25, 0.3) is 0 Å². The average molecular weight is 189 g/mol. The van der Waals surface area contributed by atoms with Crippen LogP contribution in [-0.2, 0) is 0 Å². The predicted molar refractivity (Wildman–Crippen MR) is 59.1 cm³/mol. The second-order valence-electron chi connectivity index (χ2n) is 3.03. The summed E-state index contributed by atoms with van der Waals surface area (Å²) < 4.78 is 0. The van der Waals surface area contributed by atoms with E-state index in [4.69, 9.17) is 11.0 Å². The molecule has 1 aromatic carbocycles. The van der Waals surface area contributed by atoms with Crippen molar-refractivity contribution < 1.29 is 0 Å². The highest BCUT2D eigenvalue weighted by atomic mass is 15.1. The molecule has 2 N–H and O–H groups in total. The van der Waals surface area contributed by atoms with Crippen molar-refractivity contribution in [3.63, 3.8) is 0 Å². The van der Waals surface area contributed by atoms with Crippen LogP contribution in [0.25, 0.3) is 0 Å². The Hall–Kier alpha value is -1.69. The summed E-state index contributed by atoms with van der Waals surface area (Å²) in [5, 5.41) is 8.98. The molecule has 0 saturated carbocycles. The van der Waals surface area contributed by atoms with Crippen LogP contribution in [0.4, 0.5) is 11.4 Å². The molecule has 0 spiro atoms. The fraction of sp³-hybridized carbons (Fsp3) is 0.364. The van der Waals surface area contributed by atoms with E-state index in [0.717, 1.165) is 18.8 Å². The first kappa shape index (κ1) is 10.4. The summed E-state index contributed by atoms with van der Waals surface area (Å²) in [4.78, 5) is 2.12. The molecule has 0 heterocycles. The summed E-state index contributed by atoms with van der Waals surface area (Å²) in [5.41, 5.74) is 7.79. The maximum absolute atomic E-state index is 8.98. The molecule has 0 fully saturated rings. The van der Waals surface area contributed by atoms with Crippen molar-refractivity contribution in [3.8, 4) is 6.07 Å². The van der Waals surface area contributed by atoms with E-state index in [2.05, 4.69) is 24.8 Å². The summed E-state index contributed by atoms with van der Waals surface area (Å²) in [6.45, 7) is 5.89. The third-order valence-electron chi connectivity index (χ3n) is 2.29. The summed E-state index contributed by atoms with van der Waals surface area (Å²) in [6.07, 6.45) is 0. The molecule has 1 aromatic rings. The minimum Gasteiger partial charge on any atom is -0.398 e. The minimum absolute atomic E-state index is 0.553. The second-order valence-corrected chi connectivity index (χ2v) is 3.03. The first-order chi connectivity index (χ1) is 6.74. The number of nitrogens with zero attached hydrogens (tertiary/aromatic N) is 2. The van der Waals surface area contributed by atoms with Crippen molar-refractivity contribution in [1.82, 2.24) is 0 Å². The van der Waals surface area contributed by atoms with E-state index in [0.29, 0.717) is 11.3 Å². The molecule has 0 atom stereocenters. The van der Waals surface area contributed by atoms with Crippen LogP contribution in [0.15, 0.2) is 18.2 Å². The van der Waals surface area contributed by atoms with Gasteiger partial charge in [-0.2, -0.15) is 5.26 Å². The molecule has 0 amide bonds. The molecule has 1 rings (SSSR count). The summed E-state index contributed by atoms with van der Waals surface area (Å²) in [7, 11) is 0. The van der Waals surface area contributed by atoms with Crippen molar-refractivity contribution in [2.45, 2.75) is 13.8 Å². The molecule has 0 aliphatic rings. The summed E-state index contributed by atoms with van der Waals surface area (Å²) >= 11 is 0. The van der Waals surface area contributed by atoms with Crippen LogP contribution in [0.5, 0.6) is 0 Å². The molecule has 74 valence electrons. The summed E-state index contributed by atoms with van der Waals surface area (Å²) in [6, 6.07) is 7.71. The predicted octanol–water partition coefficient (Wildman–Crippen LogP) is 1.99. The Morgan fingerprint density at radius 1 is 1.36 bits per heavy atom. The van der Waals surface area contributed by atoms with Crippen LogP contribution in [0.3, 0.4) is 0 Å². The lowest BCUT2D eigenvalue weighted by Gasteiger charge is -2.22. The van der Waals surface area contributed by atoms with E-state index in [1.54, 1.807) is 6.07 Å². The van der Waals surface area contributed by atoms with Crippen molar-refractivity contribution in [2.75, 3.05) is 23.7 Å². The minimum atomic E-state index is 0.553. The van der Waals surface area contributed by atoms with Crippen LogP contribution in [0.1, 0.15) is 19.4 Å². The molecule has 0 bridgehead atoms. The SMILES string of the molecule is CCN(CC)c1cccc(N)c1C#N. The number of nitrogens with two attached hydrogens (primary N) is 1. The van der Waals surface area contributed by atoms with Crippen LogP contribution < -0.4 is 10.6 Å². The van der Waals surface area contributed by atoms with Crippen molar-refractivity contribution in [2.24, 2.45) is 0 Å². The molecule has 0 aromatic heterocycles. The van der Waals surface area contributed by atoms with Gasteiger partial charge in [0.1, 0.15) is 6.07 Å². The standard InChI is InChI=1S/C11H15N3/c1-3-14(4-2)11-7-5-6-10(13)9(11)8-12/h5-7H,3-4,13H2,1-2H3. The second kappa shape index (κ2) is 4.52. The zero-order chi connectivity index (χ0) is 10.6. The molecule has 0 aliphatic heterocycles. The van der Waals surface area contributed by atoms with Gasteiger partial charge in [-0.15, -0.1) is 0 Å². The number of hydrogen-bond acceptors (Lipinski definition) is 3. The molecule has 0 radical (unpaired) electrons. The molecular weight excluding hydrogens is 174 g/mol. The highest BCUT2D eigenvalue weighted by Crippen LogP contribution is 2.24. The van der Waals surface area contributed by atoms with Gasteiger partial charge in [-0.25, -0.2) is 0 Å². The van der Waals surface area contributed by atoms with Crippen LogP contribution in [0, 0.1) is 11.3 Å². The Morgan fingerprint density at radius 2 is 2.00 bits per heavy atom. The lowest BCUT2D eigenvalue weighted by atomic mass is 10.1. The lowest BCUT2D eigenvalue weighted by Crippen LogP contribution is -2.23. The molecule has 0 aliphatic carbocycles. The van der Waals surface area contributed by atoms with Crippen molar-refractivity contribution in [3.05, 3.63) is 23.8 Å². The first-order valence-electron chi connectivity index (χ1n) is 4.78. The summed E-state index contributed by atoms with van der Waals surface area (Å²) in [5.74, 6) is 0. The van der Waals surface area contributed by atoms with Gasteiger partial charge in [-0.05, 0) is 26.0 Å². The van der Waals surface area contributed by atoms with Crippen LogP contribution >= 0.6 is 0 Å². The van der Waals surface area contributed by atoms with E-state index in [-0.39, 0.29) is 0 Å². The van der Waals surface area contributed by atoms with Gasteiger partial charge < -0.3 is 10.6 Å². The molecule has 3 heteroatoms. The smallest absolute Gasteiger partial charge is 0.104 e. The quantitative estimate of drug-likeness (QED) is 0.740. The van der Waals surface area contributed by atoms with Crippen molar-refractivity contribution in [1.29, 1.82) is 5.26 Å². The van der Waals surface area contributed by atoms with Crippen molar-refractivity contribution >= 4 is 11.4 Å². The molecule has 3 nitrogen and oxygen atoms in total. The van der Waals surface area contributed by atoms with Gasteiger partial charge in [-0.1, -0.05) is 6.07 Å².